The standard InChI is InChI=1S/C14H14Cl2N2O3/c1-21-4-2-3-18-14(20)12(8-17)13(19)9-5-10(15)7-11(16)6-9/h5-7,12H,2-4H2,1H3,(H,18,20). The second-order valence-electron chi connectivity index (χ2n) is 4.22. The van der Waals surface area contributed by atoms with Crippen LogP contribution < -0.4 is 5.32 Å². The topological polar surface area (TPSA) is 79.2 Å². The van der Waals surface area contributed by atoms with Gasteiger partial charge >= 0.3 is 0 Å². The third kappa shape index (κ3) is 5.35. The van der Waals surface area contributed by atoms with Gasteiger partial charge in [0.2, 0.25) is 5.91 Å². The van der Waals surface area contributed by atoms with Gasteiger partial charge in [-0.15, -0.1) is 0 Å². The van der Waals surface area contributed by atoms with Gasteiger partial charge in [0.15, 0.2) is 11.7 Å². The second-order valence-corrected chi connectivity index (χ2v) is 5.09. The maximum atomic E-state index is 12.2. The zero-order valence-corrected chi connectivity index (χ0v) is 12.9. The van der Waals surface area contributed by atoms with Gasteiger partial charge in [0.25, 0.3) is 0 Å². The monoisotopic (exact) mass is 328 g/mol. The number of nitrogens with zero attached hydrogens (tertiary/aromatic N) is 1. The second kappa shape index (κ2) is 8.63. The molecule has 1 aromatic carbocycles. The highest BCUT2D eigenvalue weighted by Gasteiger charge is 2.27. The number of Topliss-reactive ketones (excluding diaryl/α,β-unsaturated/α-hetero) is 1. The molecular formula is C14H14Cl2N2O3. The van der Waals surface area contributed by atoms with Crippen LogP contribution in [-0.2, 0) is 9.53 Å². The number of carbonyl (C=O) groups excluding carboxylic acids is 2. The fourth-order valence-corrected chi connectivity index (χ4v) is 2.16. The summed E-state index contributed by atoms with van der Waals surface area (Å²) >= 11 is 11.6. The van der Waals surface area contributed by atoms with Crippen LogP contribution in [0, 0.1) is 17.2 Å². The number of halogens is 2. The Bertz CT molecular complexity index is 550. The van der Waals surface area contributed by atoms with Gasteiger partial charge in [-0.2, -0.15) is 5.26 Å². The summed E-state index contributed by atoms with van der Waals surface area (Å²) in [6.45, 7) is 0.809. The first kappa shape index (κ1) is 17.4. The van der Waals surface area contributed by atoms with Crippen LogP contribution in [0.25, 0.3) is 0 Å². The van der Waals surface area contributed by atoms with Crippen molar-refractivity contribution in [2.24, 2.45) is 5.92 Å². The highest BCUT2D eigenvalue weighted by atomic mass is 35.5. The third-order valence-corrected chi connectivity index (χ3v) is 3.06. The van der Waals surface area contributed by atoms with Gasteiger partial charge in [0.05, 0.1) is 6.07 Å². The van der Waals surface area contributed by atoms with E-state index in [2.05, 4.69) is 5.32 Å². The molecule has 1 amide bonds. The summed E-state index contributed by atoms with van der Waals surface area (Å²) in [6, 6.07) is 5.91. The average molecular weight is 329 g/mol. The van der Waals surface area contributed by atoms with Crippen LogP contribution in [0.15, 0.2) is 18.2 Å². The van der Waals surface area contributed by atoms with Crippen molar-refractivity contribution < 1.29 is 14.3 Å². The number of benzene rings is 1. The van der Waals surface area contributed by atoms with E-state index in [9.17, 15) is 9.59 Å². The number of hydrogen-bond acceptors (Lipinski definition) is 4. The van der Waals surface area contributed by atoms with Crippen molar-refractivity contribution in [3.8, 4) is 6.07 Å². The minimum atomic E-state index is -1.43. The van der Waals surface area contributed by atoms with Crippen molar-refractivity contribution in [3.63, 3.8) is 0 Å². The summed E-state index contributed by atoms with van der Waals surface area (Å²) in [5.74, 6) is -2.71. The molecule has 1 N–H and O–H groups in total. The summed E-state index contributed by atoms with van der Waals surface area (Å²) in [5.41, 5.74) is 0.131. The molecule has 0 heterocycles. The van der Waals surface area contributed by atoms with Crippen LogP contribution in [0.4, 0.5) is 0 Å². The van der Waals surface area contributed by atoms with Gasteiger partial charge in [-0.3, -0.25) is 9.59 Å². The lowest BCUT2D eigenvalue weighted by Crippen LogP contribution is -2.35. The molecule has 1 unspecified atom stereocenters. The number of nitrogens with one attached hydrogen (secondary N) is 1. The van der Waals surface area contributed by atoms with E-state index in [4.69, 9.17) is 33.2 Å². The lowest BCUT2D eigenvalue weighted by Gasteiger charge is -2.10. The Morgan fingerprint density at radius 3 is 2.48 bits per heavy atom. The smallest absolute Gasteiger partial charge is 0.245 e. The summed E-state index contributed by atoms with van der Waals surface area (Å²) in [4.78, 5) is 24.0. The molecule has 112 valence electrons. The van der Waals surface area contributed by atoms with Crippen LogP contribution in [0.3, 0.4) is 0 Å². The number of methoxy groups -OCH3 is 1. The van der Waals surface area contributed by atoms with Crippen LogP contribution in [-0.4, -0.2) is 32.0 Å². The van der Waals surface area contributed by atoms with Crippen molar-refractivity contribution in [1.29, 1.82) is 5.26 Å². The Kier molecular flexibility index (Phi) is 7.17. The Morgan fingerprint density at radius 2 is 1.95 bits per heavy atom. The average Bonchev–Trinajstić information content (AvgIpc) is 2.43. The number of amides is 1. The van der Waals surface area contributed by atoms with E-state index in [0.717, 1.165) is 0 Å². The molecule has 0 saturated heterocycles. The number of nitriles is 1. The van der Waals surface area contributed by atoms with Gasteiger partial charge < -0.3 is 10.1 Å². The van der Waals surface area contributed by atoms with Gasteiger partial charge in [-0.1, -0.05) is 23.2 Å². The van der Waals surface area contributed by atoms with Crippen LogP contribution in [0.5, 0.6) is 0 Å². The van der Waals surface area contributed by atoms with Gasteiger partial charge in [0.1, 0.15) is 0 Å². The number of carbonyl (C=O) groups is 2. The molecular weight excluding hydrogens is 315 g/mol. The zero-order valence-electron chi connectivity index (χ0n) is 11.4. The van der Waals surface area contributed by atoms with E-state index in [-0.39, 0.29) is 15.6 Å². The number of rotatable bonds is 7. The number of ether oxygens (including phenoxy) is 1. The Morgan fingerprint density at radius 1 is 1.33 bits per heavy atom. The molecule has 0 aliphatic heterocycles. The maximum absolute atomic E-state index is 12.2. The number of hydrogen-bond donors (Lipinski definition) is 1. The molecule has 1 atom stereocenters. The first-order valence-electron chi connectivity index (χ1n) is 6.16. The Hall–Kier alpha value is -1.61. The van der Waals surface area contributed by atoms with E-state index in [0.29, 0.717) is 19.6 Å². The first-order valence-corrected chi connectivity index (χ1v) is 6.91. The fraction of sp³-hybridized carbons (Fsp3) is 0.357. The predicted molar refractivity (Wildman–Crippen MR) is 79.4 cm³/mol. The Balaban J connectivity index is 2.77. The molecule has 0 saturated carbocycles. The van der Waals surface area contributed by atoms with E-state index >= 15 is 0 Å². The van der Waals surface area contributed by atoms with E-state index in [1.807, 2.05) is 0 Å². The van der Waals surface area contributed by atoms with Crippen molar-refractivity contribution in [1.82, 2.24) is 5.32 Å². The molecule has 0 radical (unpaired) electrons. The molecule has 0 aromatic heterocycles. The van der Waals surface area contributed by atoms with E-state index < -0.39 is 17.6 Å². The fourth-order valence-electron chi connectivity index (χ4n) is 1.63. The molecule has 1 rings (SSSR count). The maximum Gasteiger partial charge on any atom is 0.245 e. The molecule has 21 heavy (non-hydrogen) atoms. The van der Waals surface area contributed by atoms with E-state index in [1.165, 1.54) is 18.2 Å². The van der Waals surface area contributed by atoms with Gasteiger partial charge in [0, 0.05) is 35.9 Å². The summed E-state index contributed by atoms with van der Waals surface area (Å²) in [5, 5.41) is 12.1. The summed E-state index contributed by atoms with van der Waals surface area (Å²) in [6.07, 6.45) is 0.595. The zero-order chi connectivity index (χ0) is 15.8. The minimum Gasteiger partial charge on any atom is -0.385 e. The Labute approximate surface area is 132 Å². The molecule has 0 fully saturated rings. The molecule has 0 bridgehead atoms. The largest absolute Gasteiger partial charge is 0.385 e. The highest BCUT2D eigenvalue weighted by Crippen LogP contribution is 2.21. The minimum absolute atomic E-state index is 0.131. The molecule has 1 aromatic rings. The summed E-state index contributed by atoms with van der Waals surface area (Å²) < 4.78 is 4.84. The van der Waals surface area contributed by atoms with E-state index in [1.54, 1.807) is 13.2 Å². The van der Waals surface area contributed by atoms with Gasteiger partial charge in [-0.05, 0) is 24.6 Å². The quantitative estimate of drug-likeness (QED) is 0.473. The molecule has 7 heteroatoms. The van der Waals surface area contributed by atoms with Crippen LogP contribution in [0.2, 0.25) is 10.0 Å². The lowest BCUT2D eigenvalue weighted by atomic mass is 9.98. The van der Waals surface area contributed by atoms with Crippen LogP contribution in [0.1, 0.15) is 16.8 Å². The third-order valence-electron chi connectivity index (χ3n) is 2.63. The lowest BCUT2D eigenvalue weighted by molar-refractivity contribution is -0.122. The summed E-state index contributed by atoms with van der Waals surface area (Å²) in [7, 11) is 1.55. The molecule has 0 spiro atoms. The molecule has 5 nitrogen and oxygen atoms in total. The van der Waals surface area contributed by atoms with Crippen molar-refractivity contribution in [2.45, 2.75) is 6.42 Å². The van der Waals surface area contributed by atoms with Gasteiger partial charge in [-0.25, -0.2) is 0 Å². The first-order chi connectivity index (χ1) is 9.99. The number of ketones is 1. The van der Waals surface area contributed by atoms with Crippen molar-refractivity contribution in [3.05, 3.63) is 33.8 Å². The highest BCUT2D eigenvalue weighted by molar-refractivity contribution is 6.35. The SMILES string of the molecule is COCCCNC(=O)C(C#N)C(=O)c1cc(Cl)cc(Cl)c1. The molecule has 0 aliphatic rings. The normalized spacial score (nSPS) is 11.5. The predicted octanol–water partition coefficient (Wildman–Crippen LogP) is 2.47. The van der Waals surface area contributed by atoms with Crippen LogP contribution >= 0.6 is 23.2 Å². The molecule has 0 aliphatic carbocycles. The van der Waals surface area contributed by atoms with Crippen molar-refractivity contribution >= 4 is 34.9 Å². The van der Waals surface area contributed by atoms with Crippen molar-refractivity contribution in [2.75, 3.05) is 20.3 Å².